The molecule has 0 spiro atoms. The van der Waals surface area contributed by atoms with Crippen LogP contribution in [0.5, 0.6) is 0 Å². The molecule has 0 radical (unpaired) electrons. The molecular weight excluding hydrogens is 425 g/mol. The minimum atomic E-state index is -0.687. The molecule has 8 nitrogen and oxygen atoms in total. The fourth-order valence-electron chi connectivity index (χ4n) is 4.49. The topological polar surface area (TPSA) is 108 Å². The van der Waals surface area contributed by atoms with E-state index in [-0.39, 0.29) is 30.3 Å². The molecule has 2 aliphatic heterocycles. The Hall–Kier alpha value is -4.32. The number of nitrogens with zero attached hydrogens (tertiary/aromatic N) is 4. The monoisotopic (exact) mass is 443 g/mol. The van der Waals surface area contributed by atoms with Crippen molar-refractivity contribution in [1.82, 2.24) is 19.8 Å². The van der Waals surface area contributed by atoms with Gasteiger partial charge in [-0.05, 0) is 42.3 Å². The molecule has 3 aromatic rings. The van der Waals surface area contributed by atoms with Crippen molar-refractivity contribution in [2.24, 2.45) is 7.05 Å². The lowest BCUT2D eigenvalue weighted by Gasteiger charge is -2.29. The number of hydrogen-bond donors (Lipinski definition) is 1. The standard InChI is InChI=1S/C24H18FN5O3/c1-29-12-27-21(22(29)15-6-13(10-26)7-17(25)9-15)14-2-3-18-16(8-14)11-30(24(18)33)19-4-5-20(31)28-23(19)32/h2-3,6-9,12,19H,4-5,11H2,1H3,(H,28,31,32). The number of nitrogens with one attached hydrogen (secondary N) is 1. The van der Waals surface area contributed by atoms with Gasteiger partial charge in [0.2, 0.25) is 11.8 Å². The molecule has 1 saturated heterocycles. The fraction of sp³-hybridized carbons (Fsp3) is 0.208. The number of nitriles is 1. The van der Waals surface area contributed by atoms with Crippen molar-refractivity contribution in [3.63, 3.8) is 0 Å². The molecule has 3 heterocycles. The van der Waals surface area contributed by atoms with Gasteiger partial charge in [0, 0.05) is 36.7 Å². The quantitative estimate of drug-likeness (QED) is 0.626. The summed E-state index contributed by atoms with van der Waals surface area (Å²) in [6, 6.07) is 10.7. The summed E-state index contributed by atoms with van der Waals surface area (Å²) < 4.78 is 15.8. The summed E-state index contributed by atoms with van der Waals surface area (Å²) in [6.07, 6.45) is 2.09. The van der Waals surface area contributed by atoms with Gasteiger partial charge in [0.15, 0.2) is 0 Å². The first-order chi connectivity index (χ1) is 15.9. The van der Waals surface area contributed by atoms with Crippen LogP contribution in [0.2, 0.25) is 0 Å². The number of rotatable bonds is 3. The van der Waals surface area contributed by atoms with E-state index in [9.17, 15) is 24.0 Å². The maximum atomic E-state index is 14.1. The van der Waals surface area contributed by atoms with E-state index in [0.717, 1.165) is 11.1 Å². The maximum absolute atomic E-state index is 14.1. The molecule has 2 aliphatic rings. The Morgan fingerprint density at radius 1 is 1.15 bits per heavy atom. The highest BCUT2D eigenvalue weighted by atomic mass is 19.1. The third kappa shape index (κ3) is 3.46. The lowest BCUT2D eigenvalue weighted by atomic mass is 9.99. The fourth-order valence-corrected chi connectivity index (χ4v) is 4.49. The number of aryl methyl sites for hydroxylation is 1. The first kappa shape index (κ1) is 20.6. The van der Waals surface area contributed by atoms with Crippen LogP contribution in [0.1, 0.15) is 34.3 Å². The Labute approximate surface area is 188 Å². The number of amides is 3. The van der Waals surface area contributed by atoms with Gasteiger partial charge >= 0.3 is 0 Å². The SMILES string of the molecule is Cn1cnc(-c2ccc3c(c2)CN(C2CCC(=O)NC2=O)C3=O)c1-c1cc(F)cc(C#N)c1. The molecular formula is C24H18FN5O3. The molecule has 5 rings (SSSR count). The second kappa shape index (κ2) is 7.67. The van der Waals surface area contributed by atoms with Crippen LogP contribution in [0.3, 0.4) is 0 Å². The largest absolute Gasteiger partial charge is 0.333 e. The molecule has 33 heavy (non-hydrogen) atoms. The van der Waals surface area contributed by atoms with E-state index in [2.05, 4.69) is 10.3 Å². The number of imidazole rings is 1. The zero-order valence-electron chi connectivity index (χ0n) is 17.6. The number of hydrogen-bond acceptors (Lipinski definition) is 5. The number of piperidine rings is 1. The van der Waals surface area contributed by atoms with E-state index in [1.807, 2.05) is 12.1 Å². The zero-order valence-corrected chi connectivity index (χ0v) is 17.6. The summed E-state index contributed by atoms with van der Waals surface area (Å²) in [7, 11) is 1.78. The van der Waals surface area contributed by atoms with Crippen LogP contribution in [0, 0.1) is 17.1 Å². The average molecular weight is 443 g/mol. The molecule has 164 valence electrons. The second-order valence-corrected chi connectivity index (χ2v) is 8.16. The van der Waals surface area contributed by atoms with E-state index in [0.29, 0.717) is 28.9 Å². The van der Waals surface area contributed by atoms with Crippen molar-refractivity contribution in [3.8, 4) is 28.6 Å². The van der Waals surface area contributed by atoms with Crippen molar-refractivity contribution in [2.45, 2.75) is 25.4 Å². The number of imide groups is 1. The third-order valence-electron chi connectivity index (χ3n) is 6.03. The molecule has 0 bridgehead atoms. The van der Waals surface area contributed by atoms with Crippen molar-refractivity contribution in [2.75, 3.05) is 0 Å². The highest BCUT2D eigenvalue weighted by molar-refractivity contribution is 6.05. The van der Waals surface area contributed by atoms with Crippen LogP contribution in [0.15, 0.2) is 42.7 Å². The van der Waals surface area contributed by atoms with Gasteiger partial charge in [-0.25, -0.2) is 9.37 Å². The molecule has 9 heteroatoms. The van der Waals surface area contributed by atoms with Gasteiger partial charge in [-0.2, -0.15) is 5.26 Å². The van der Waals surface area contributed by atoms with E-state index in [4.69, 9.17) is 0 Å². The molecule has 1 unspecified atom stereocenters. The summed E-state index contributed by atoms with van der Waals surface area (Å²) in [5.74, 6) is -1.56. The minimum absolute atomic E-state index is 0.192. The molecule has 1 atom stereocenters. The Bertz CT molecular complexity index is 1390. The minimum Gasteiger partial charge on any atom is -0.333 e. The second-order valence-electron chi connectivity index (χ2n) is 8.16. The predicted octanol–water partition coefficient (Wildman–Crippen LogP) is 2.53. The lowest BCUT2D eigenvalue weighted by molar-refractivity contribution is -0.136. The average Bonchev–Trinajstić information content (AvgIpc) is 3.33. The molecule has 0 aliphatic carbocycles. The molecule has 3 amide bonds. The number of halogens is 1. The van der Waals surface area contributed by atoms with E-state index in [1.165, 1.54) is 17.0 Å². The van der Waals surface area contributed by atoms with E-state index >= 15 is 0 Å². The van der Waals surface area contributed by atoms with Gasteiger partial charge < -0.3 is 9.47 Å². The molecule has 0 saturated carbocycles. The van der Waals surface area contributed by atoms with Crippen LogP contribution >= 0.6 is 0 Å². The van der Waals surface area contributed by atoms with Crippen molar-refractivity contribution in [3.05, 3.63) is 65.2 Å². The summed E-state index contributed by atoms with van der Waals surface area (Å²) in [5.41, 5.74) is 3.91. The van der Waals surface area contributed by atoms with Crippen LogP contribution in [0.25, 0.3) is 22.5 Å². The Balaban J connectivity index is 1.51. The summed E-state index contributed by atoms with van der Waals surface area (Å²) >= 11 is 0. The Morgan fingerprint density at radius 3 is 2.73 bits per heavy atom. The summed E-state index contributed by atoms with van der Waals surface area (Å²) in [6.45, 7) is 0.245. The first-order valence-electron chi connectivity index (χ1n) is 10.4. The predicted molar refractivity (Wildman–Crippen MR) is 115 cm³/mol. The van der Waals surface area contributed by atoms with Crippen LogP contribution < -0.4 is 5.32 Å². The number of carbonyl (C=O) groups excluding carboxylic acids is 3. The number of benzene rings is 2. The molecule has 1 N–H and O–H groups in total. The highest BCUT2D eigenvalue weighted by Crippen LogP contribution is 2.35. The van der Waals surface area contributed by atoms with Gasteiger partial charge in [-0.15, -0.1) is 0 Å². The van der Waals surface area contributed by atoms with Gasteiger partial charge in [-0.3, -0.25) is 19.7 Å². The summed E-state index contributed by atoms with van der Waals surface area (Å²) in [4.78, 5) is 42.6. The first-order valence-corrected chi connectivity index (χ1v) is 10.4. The zero-order chi connectivity index (χ0) is 23.3. The number of fused-ring (bicyclic) bond motifs is 1. The van der Waals surface area contributed by atoms with E-state index in [1.54, 1.807) is 36.1 Å². The van der Waals surface area contributed by atoms with Crippen molar-refractivity contribution in [1.29, 1.82) is 5.26 Å². The maximum Gasteiger partial charge on any atom is 0.255 e. The Kier molecular flexibility index (Phi) is 4.78. The summed E-state index contributed by atoms with van der Waals surface area (Å²) in [5, 5.41) is 11.5. The lowest BCUT2D eigenvalue weighted by Crippen LogP contribution is -2.52. The van der Waals surface area contributed by atoms with E-state index < -0.39 is 17.8 Å². The van der Waals surface area contributed by atoms with Crippen LogP contribution in [-0.2, 0) is 23.2 Å². The third-order valence-corrected chi connectivity index (χ3v) is 6.03. The normalized spacial score (nSPS) is 17.7. The van der Waals surface area contributed by atoms with Gasteiger partial charge in [0.1, 0.15) is 11.9 Å². The molecule has 1 fully saturated rings. The van der Waals surface area contributed by atoms with Crippen molar-refractivity contribution < 1.29 is 18.8 Å². The van der Waals surface area contributed by atoms with Gasteiger partial charge in [0.05, 0.1) is 29.3 Å². The molecule has 1 aromatic heterocycles. The van der Waals surface area contributed by atoms with Gasteiger partial charge in [0.25, 0.3) is 5.91 Å². The smallest absolute Gasteiger partial charge is 0.255 e. The van der Waals surface area contributed by atoms with Gasteiger partial charge in [-0.1, -0.05) is 6.07 Å². The van der Waals surface area contributed by atoms with Crippen molar-refractivity contribution >= 4 is 17.7 Å². The van der Waals surface area contributed by atoms with Crippen LogP contribution in [0.4, 0.5) is 4.39 Å². The van der Waals surface area contributed by atoms with Crippen LogP contribution in [-0.4, -0.2) is 38.2 Å². The number of aromatic nitrogens is 2. The Morgan fingerprint density at radius 2 is 1.97 bits per heavy atom. The number of carbonyl (C=O) groups is 3. The molecule has 2 aromatic carbocycles. The highest BCUT2D eigenvalue weighted by Gasteiger charge is 2.39.